The average molecular weight is 504 g/mol. The van der Waals surface area contributed by atoms with Crippen molar-refractivity contribution in [2.45, 2.75) is 12.2 Å². The van der Waals surface area contributed by atoms with Gasteiger partial charge in [0.1, 0.15) is 12.2 Å². The maximum atomic E-state index is 6.09. The molecule has 0 aliphatic heterocycles. The summed E-state index contributed by atoms with van der Waals surface area (Å²) >= 11 is 24.3. The van der Waals surface area contributed by atoms with Crippen molar-refractivity contribution in [3.05, 3.63) is 139 Å². The summed E-state index contributed by atoms with van der Waals surface area (Å²) in [4.78, 5) is 12.1. The van der Waals surface area contributed by atoms with Crippen molar-refractivity contribution in [1.29, 1.82) is 0 Å². The molecule has 0 amide bonds. The predicted molar refractivity (Wildman–Crippen MR) is 132 cm³/mol. The van der Waals surface area contributed by atoms with E-state index in [0.29, 0.717) is 20.1 Å². The summed E-state index contributed by atoms with van der Waals surface area (Å²) < 4.78 is 0. The van der Waals surface area contributed by atoms with E-state index in [1.54, 1.807) is 0 Å². The Morgan fingerprint density at radius 3 is 0.719 bits per heavy atom. The molecule has 4 aromatic rings. The summed E-state index contributed by atoms with van der Waals surface area (Å²) in [6.07, 6.45) is -0.988. The van der Waals surface area contributed by atoms with Crippen LogP contribution in [0.4, 0.5) is 0 Å². The molecule has 0 aliphatic carbocycles. The Bertz CT molecular complexity index is 957. The number of rotatable bonds is 7. The lowest BCUT2D eigenvalue weighted by atomic mass is 10.0. The largest absolute Gasteiger partial charge is 0.223 e. The molecule has 0 heterocycles. The molecule has 0 aliphatic rings. The Morgan fingerprint density at radius 2 is 0.531 bits per heavy atom. The van der Waals surface area contributed by atoms with Crippen LogP contribution in [0.25, 0.3) is 0 Å². The van der Waals surface area contributed by atoms with Crippen LogP contribution in [0.2, 0.25) is 20.1 Å². The van der Waals surface area contributed by atoms with Crippen LogP contribution in [0.1, 0.15) is 34.5 Å². The summed E-state index contributed by atoms with van der Waals surface area (Å²) in [6, 6.07) is 29.8. The first-order valence-corrected chi connectivity index (χ1v) is 11.3. The monoisotopic (exact) mass is 502 g/mol. The van der Waals surface area contributed by atoms with Crippen LogP contribution >= 0.6 is 46.4 Å². The Balaban J connectivity index is 1.67. The third kappa shape index (κ3) is 5.85. The van der Waals surface area contributed by atoms with Gasteiger partial charge in [0.05, 0.1) is 0 Å². The molecule has 0 radical (unpaired) electrons. The highest BCUT2D eigenvalue weighted by atomic mass is 35.5. The van der Waals surface area contributed by atoms with Crippen molar-refractivity contribution in [3.8, 4) is 0 Å². The average Bonchev–Trinajstić information content (AvgIpc) is 2.80. The predicted octanol–water partition coefficient (Wildman–Crippen LogP) is 9.13. The van der Waals surface area contributed by atoms with Crippen LogP contribution in [0, 0.1) is 0 Å². The van der Waals surface area contributed by atoms with Crippen LogP contribution < -0.4 is 0 Å². The van der Waals surface area contributed by atoms with E-state index in [-0.39, 0.29) is 0 Å². The Hall–Kier alpha value is -2.04. The van der Waals surface area contributed by atoms with Crippen molar-refractivity contribution in [3.63, 3.8) is 0 Å². The third-order valence-electron chi connectivity index (χ3n) is 4.94. The topological polar surface area (TPSA) is 18.5 Å². The molecule has 0 spiro atoms. The van der Waals surface area contributed by atoms with Crippen LogP contribution in [0.15, 0.2) is 97.1 Å². The summed E-state index contributed by atoms with van der Waals surface area (Å²) in [5, 5.41) is 2.57. The van der Waals surface area contributed by atoms with Gasteiger partial charge in [0.2, 0.25) is 0 Å². The second-order valence-electron chi connectivity index (χ2n) is 7.16. The molecule has 0 atom stereocenters. The molecule has 2 nitrogen and oxygen atoms in total. The standard InChI is InChI=1S/C26H18Cl4O2/c27-21-9-1-17(2-10-21)25(18-3-11-22(28)12-4-18)31-32-26(19-5-13-23(29)14-6-19)20-7-15-24(30)16-8-20/h1-16,25-26H. The highest BCUT2D eigenvalue weighted by Crippen LogP contribution is 2.34. The highest BCUT2D eigenvalue weighted by Gasteiger charge is 2.22. The van der Waals surface area contributed by atoms with Gasteiger partial charge in [0.15, 0.2) is 0 Å². The highest BCUT2D eigenvalue weighted by molar-refractivity contribution is 6.31. The zero-order valence-electron chi connectivity index (χ0n) is 16.7. The van der Waals surface area contributed by atoms with Gasteiger partial charge >= 0.3 is 0 Å². The summed E-state index contributed by atoms with van der Waals surface area (Å²) in [7, 11) is 0. The van der Waals surface area contributed by atoms with E-state index in [9.17, 15) is 0 Å². The first kappa shape index (κ1) is 23.1. The molecule has 0 N–H and O–H groups in total. The van der Waals surface area contributed by atoms with Crippen molar-refractivity contribution in [2.24, 2.45) is 0 Å². The third-order valence-corrected chi connectivity index (χ3v) is 5.95. The molecule has 0 saturated carbocycles. The SMILES string of the molecule is Clc1ccc(C(OOC(c2ccc(Cl)cc2)c2ccc(Cl)cc2)c2ccc(Cl)cc2)cc1. The van der Waals surface area contributed by atoms with E-state index < -0.39 is 12.2 Å². The Kier molecular flexibility index (Phi) is 7.75. The lowest BCUT2D eigenvalue weighted by Gasteiger charge is -2.23. The van der Waals surface area contributed by atoms with E-state index in [0.717, 1.165) is 22.3 Å². The maximum absolute atomic E-state index is 6.09. The van der Waals surface area contributed by atoms with Crippen molar-refractivity contribution in [1.82, 2.24) is 0 Å². The van der Waals surface area contributed by atoms with Crippen molar-refractivity contribution in [2.75, 3.05) is 0 Å². The summed E-state index contributed by atoms with van der Waals surface area (Å²) in [5.41, 5.74) is 3.57. The molecule has 4 aromatic carbocycles. The zero-order chi connectivity index (χ0) is 22.5. The number of hydrogen-bond donors (Lipinski definition) is 0. The van der Waals surface area contributed by atoms with Gasteiger partial charge in [-0.2, -0.15) is 0 Å². The fraction of sp³-hybridized carbons (Fsp3) is 0.0769. The van der Waals surface area contributed by atoms with Crippen LogP contribution in [0.3, 0.4) is 0 Å². The molecule has 6 heteroatoms. The fourth-order valence-corrected chi connectivity index (χ4v) is 3.77. The minimum atomic E-state index is -0.494. The van der Waals surface area contributed by atoms with Gasteiger partial charge in [-0.25, -0.2) is 9.78 Å². The van der Waals surface area contributed by atoms with E-state index in [1.807, 2.05) is 97.1 Å². The second-order valence-corrected chi connectivity index (χ2v) is 8.90. The molecule has 162 valence electrons. The zero-order valence-corrected chi connectivity index (χ0v) is 19.7. The Morgan fingerprint density at radius 1 is 0.344 bits per heavy atom. The minimum absolute atomic E-state index is 0.494. The van der Waals surface area contributed by atoms with Crippen LogP contribution in [0.5, 0.6) is 0 Å². The molecule has 32 heavy (non-hydrogen) atoms. The van der Waals surface area contributed by atoms with Gasteiger partial charge in [-0.15, -0.1) is 0 Å². The minimum Gasteiger partial charge on any atom is -0.223 e. The van der Waals surface area contributed by atoms with Crippen LogP contribution in [-0.4, -0.2) is 0 Å². The molecule has 0 unspecified atom stereocenters. The molecule has 0 fully saturated rings. The van der Waals surface area contributed by atoms with Crippen LogP contribution in [-0.2, 0) is 9.78 Å². The normalized spacial score (nSPS) is 11.3. The van der Waals surface area contributed by atoms with Crippen molar-refractivity contribution >= 4 is 46.4 Å². The van der Waals surface area contributed by atoms with E-state index in [4.69, 9.17) is 56.2 Å². The van der Waals surface area contributed by atoms with E-state index >= 15 is 0 Å². The van der Waals surface area contributed by atoms with Crippen molar-refractivity contribution < 1.29 is 9.78 Å². The lowest BCUT2D eigenvalue weighted by Crippen LogP contribution is -2.12. The van der Waals surface area contributed by atoms with Gasteiger partial charge in [-0.1, -0.05) is 94.9 Å². The number of benzene rings is 4. The quantitative estimate of drug-likeness (QED) is 0.185. The van der Waals surface area contributed by atoms with Gasteiger partial charge in [-0.3, -0.25) is 0 Å². The van der Waals surface area contributed by atoms with Gasteiger partial charge in [-0.05, 0) is 70.8 Å². The molecular weight excluding hydrogens is 486 g/mol. The summed E-state index contributed by atoms with van der Waals surface area (Å²) in [6.45, 7) is 0. The summed E-state index contributed by atoms with van der Waals surface area (Å²) in [5.74, 6) is 0. The molecule has 0 bridgehead atoms. The first-order valence-electron chi connectivity index (χ1n) is 9.83. The molecule has 0 aromatic heterocycles. The molecular formula is C26H18Cl4O2. The lowest BCUT2D eigenvalue weighted by molar-refractivity contribution is -0.340. The smallest absolute Gasteiger partial charge is 0.143 e. The molecule has 0 saturated heterocycles. The number of halogens is 4. The van der Waals surface area contributed by atoms with Gasteiger partial charge in [0.25, 0.3) is 0 Å². The second kappa shape index (κ2) is 10.7. The van der Waals surface area contributed by atoms with E-state index in [2.05, 4.69) is 0 Å². The Labute approximate surface area is 207 Å². The number of hydrogen-bond acceptors (Lipinski definition) is 2. The van der Waals surface area contributed by atoms with Gasteiger partial charge in [0, 0.05) is 20.1 Å². The maximum Gasteiger partial charge on any atom is 0.143 e. The van der Waals surface area contributed by atoms with E-state index in [1.165, 1.54) is 0 Å². The van der Waals surface area contributed by atoms with Gasteiger partial charge < -0.3 is 0 Å². The molecule has 4 rings (SSSR count). The first-order chi connectivity index (χ1) is 15.5. The fourth-order valence-electron chi connectivity index (χ4n) is 3.27.